The average molecular weight is 128 g/mol. The van der Waals surface area contributed by atoms with Gasteiger partial charge in [0.2, 0.25) is 0 Å². The van der Waals surface area contributed by atoms with Crippen LogP contribution in [0, 0.1) is 0 Å². The van der Waals surface area contributed by atoms with Gasteiger partial charge in [0.25, 0.3) is 0 Å². The second-order valence-electron chi connectivity index (χ2n) is 2.85. The topological polar surface area (TPSA) is 18.5 Å². The summed E-state index contributed by atoms with van der Waals surface area (Å²) < 4.78 is 10.6. The molecule has 0 aromatic heterocycles. The molecule has 0 saturated heterocycles. The van der Waals surface area contributed by atoms with Gasteiger partial charge in [-0.25, -0.2) is 0 Å². The molecule has 2 nitrogen and oxygen atoms in total. The van der Waals surface area contributed by atoms with Gasteiger partial charge in [-0.2, -0.15) is 0 Å². The molecule has 0 heterocycles. The predicted molar refractivity (Wildman–Crippen MR) is 33.1 cm³/mol. The van der Waals surface area contributed by atoms with Crippen LogP contribution in [0.15, 0.2) is 0 Å². The van der Waals surface area contributed by atoms with E-state index in [1.54, 1.807) is 0 Å². The van der Waals surface area contributed by atoms with Gasteiger partial charge in [0, 0.05) is 0 Å². The average Bonchev–Trinajstić information content (AvgIpc) is 2.57. The zero-order chi connectivity index (χ0) is 6.10. The fourth-order valence-corrected chi connectivity index (χ4v) is 0.701. The molecule has 0 N–H and O–H groups in total. The van der Waals surface area contributed by atoms with Gasteiger partial charge in [-0.05, 0) is 25.7 Å². The molecule has 2 fully saturated rings. The van der Waals surface area contributed by atoms with Crippen molar-refractivity contribution in [1.29, 1.82) is 0 Å². The van der Waals surface area contributed by atoms with Crippen molar-refractivity contribution in [3.05, 3.63) is 0 Å². The number of hydrogen-bond donors (Lipinski definition) is 0. The second-order valence-corrected chi connectivity index (χ2v) is 2.85. The molecule has 0 atom stereocenters. The van der Waals surface area contributed by atoms with Crippen molar-refractivity contribution in [2.24, 2.45) is 0 Å². The van der Waals surface area contributed by atoms with E-state index in [-0.39, 0.29) is 0 Å². The van der Waals surface area contributed by atoms with Crippen LogP contribution in [0.2, 0.25) is 0 Å². The largest absolute Gasteiger partial charge is 0.352 e. The van der Waals surface area contributed by atoms with Crippen LogP contribution in [-0.2, 0) is 9.47 Å². The van der Waals surface area contributed by atoms with Gasteiger partial charge >= 0.3 is 0 Å². The molecule has 2 aliphatic rings. The lowest BCUT2D eigenvalue weighted by molar-refractivity contribution is -0.0688. The minimum atomic E-state index is 0.537. The molecule has 0 aliphatic heterocycles. The third kappa shape index (κ3) is 1.95. The van der Waals surface area contributed by atoms with E-state index in [1.165, 1.54) is 25.7 Å². The number of hydrogen-bond acceptors (Lipinski definition) is 2. The quantitative estimate of drug-likeness (QED) is 0.531. The summed E-state index contributed by atoms with van der Waals surface area (Å²) in [5, 5.41) is 0. The third-order valence-electron chi connectivity index (χ3n) is 1.66. The predicted octanol–water partition coefficient (Wildman–Crippen LogP) is 1.30. The van der Waals surface area contributed by atoms with Crippen molar-refractivity contribution >= 4 is 0 Å². The normalized spacial score (nSPS) is 26.7. The first kappa shape index (κ1) is 5.69. The molecule has 2 saturated carbocycles. The molecule has 0 amide bonds. The van der Waals surface area contributed by atoms with Gasteiger partial charge in [-0.15, -0.1) is 0 Å². The maximum Gasteiger partial charge on any atom is 0.147 e. The maximum atomic E-state index is 5.28. The van der Waals surface area contributed by atoms with Crippen LogP contribution in [-0.4, -0.2) is 19.0 Å². The maximum absolute atomic E-state index is 5.28. The van der Waals surface area contributed by atoms with Gasteiger partial charge in [0.1, 0.15) is 6.79 Å². The molecule has 0 unspecified atom stereocenters. The van der Waals surface area contributed by atoms with E-state index < -0.39 is 0 Å². The Morgan fingerprint density at radius 1 is 0.889 bits per heavy atom. The Balaban J connectivity index is 1.46. The lowest BCUT2D eigenvalue weighted by Gasteiger charge is -2.00. The minimum Gasteiger partial charge on any atom is -0.352 e. The molecule has 9 heavy (non-hydrogen) atoms. The van der Waals surface area contributed by atoms with E-state index in [9.17, 15) is 0 Å². The van der Waals surface area contributed by atoms with Crippen LogP contribution in [0.25, 0.3) is 0 Å². The molecule has 0 aromatic rings. The van der Waals surface area contributed by atoms with Crippen molar-refractivity contribution in [2.45, 2.75) is 37.9 Å². The van der Waals surface area contributed by atoms with Gasteiger partial charge in [0.05, 0.1) is 12.2 Å². The summed E-state index contributed by atoms with van der Waals surface area (Å²) in [4.78, 5) is 0. The van der Waals surface area contributed by atoms with E-state index in [0.29, 0.717) is 19.0 Å². The first-order valence-corrected chi connectivity index (χ1v) is 3.68. The Morgan fingerprint density at radius 3 is 1.67 bits per heavy atom. The SMILES string of the molecule is C(OC1CC1)OC1CC1. The fraction of sp³-hybridized carbons (Fsp3) is 1.00. The van der Waals surface area contributed by atoms with Crippen molar-refractivity contribution in [3.63, 3.8) is 0 Å². The summed E-state index contributed by atoms with van der Waals surface area (Å²) in [5.41, 5.74) is 0. The molecule has 52 valence electrons. The highest BCUT2D eigenvalue weighted by Gasteiger charge is 2.25. The van der Waals surface area contributed by atoms with Crippen LogP contribution < -0.4 is 0 Å². The molecule has 0 radical (unpaired) electrons. The summed E-state index contributed by atoms with van der Waals surface area (Å²) in [5.74, 6) is 0. The Bertz CT molecular complexity index is 83.1. The summed E-state index contributed by atoms with van der Waals surface area (Å²) in [6, 6.07) is 0. The standard InChI is InChI=1S/C7H12O2/c1-2-6(1)8-5-9-7-3-4-7/h6-7H,1-5H2. The fourth-order valence-electron chi connectivity index (χ4n) is 0.701. The smallest absolute Gasteiger partial charge is 0.147 e. The van der Waals surface area contributed by atoms with E-state index >= 15 is 0 Å². The lowest BCUT2D eigenvalue weighted by atomic mass is 10.8. The van der Waals surface area contributed by atoms with Gasteiger partial charge in [-0.1, -0.05) is 0 Å². The highest BCUT2D eigenvalue weighted by molar-refractivity contribution is 4.74. The molecule has 2 rings (SSSR count). The van der Waals surface area contributed by atoms with Crippen LogP contribution in [0.5, 0.6) is 0 Å². The van der Waals surface area contributed by atoms with Crippen molar-refractivity contribution in [1.82, 2.24) is 0 Å². The summed E-state index contributed by atoms with van der Waals surface area (Å²) in [6.07, 6.45) is 6.07. The summed E-state index contributed by atoms with van der Waals surface area (Å²) in [6.45, 7) is 0.537. The van der Waals surface area contributed by atoms with Crippen LogP contribution in [0.1, 0.15) is 25.7 Å². The highest BCUT2D eigenvalue weighted by Crippen LogP contribution is 2.26. The van der Waals surface area contributed by atoms with Crippen molar-refractivity contribution < 1.29 is 9.47 Å². The third-order valence-corrected chi connectivity index (χ3v) is 1.66. The van der Waals surface area contributed by atoms with E-state index in [0.717, 1.165) is 0 Å². The van der Waals surface area contributed by atoms with Crippen LogP contribution in [0.4, 0.5) is 0 Å². The zero-order valence-corrected chi connectivity index (χ0v) is 5.51. The summed E-state index contributed by atoms with van der Waals surface area (Å²) >= 11 is 0. The number of ether oxygens (including phenoxy) is 2. The van der Waals surface area contributed by atoms with E-state index in [1.807, 2.05) is 0 Å². The monoisotopic (exact) mass is 128 g/mol. The second kappa shape index (κ2) is 2.27. The highest BCUT2D eigenvalue weighted by atomic mass is 16.7. The lowest BCUT2D eigenvalue weighted by Crippen LogP contribution is -2.02. The van der Waals surface area contributed by atoms with Gasteiger partial charge in [0.15, 0.2) is 0 Å². The molecule has 2 heteroatoms. The van der Waals surface area contributed by atoms with Gasteiger partial charge in [-0.3, -0.25) is 0 Å². The molecule has 2 aliphatic carbocycles. The van der Waals surface area contributed by atoms with E-state index in [4.69, 9.17) is 9.47 Å². The molecule has 0 bridgehead atoms. The minimum absolute atomic E-state index is 0.537. The van der Waals surface area contributed by atoms with E-state index in [2.05, 4.69) is 0 Å². The first-order chi connectivity index (χ1) is 4.45. The Kier molecular flexibility index (Phi) is 1.44. The number of rotatable bonds is 4. The summed E-state index contributed by atoms with van der Waals surface area (Å²) in [7, 11) is 0. The van der Waals surface area contributed by atoms with Gasteiger partial charge < -0.3 is 9.47 Å². The van der Waals surface area contributed by atoms with Crippen LogP contribution in [0.3, 0.4) is 0 Å². The first-order valence-electron chi connectivity index (χ1n) is 3.68. The molecule has 0 aromatic carbocycles. The zero-order valence-electron chi connectivity index (χ0n) is 5.51. The molecule has 0 spiro atoms. The Hall–Kier alpha value is -0.0800. The Labute approximate surface area is 55.1 Å². The Morgan fingerprint density at radius 2 is 1.33 bits per heavy atom. The van der Waals surface area contributed by atoms with Crippen molar-refractivity contribution in [3.8, 4) is 0 Å². The molecular weight excluding hydrogens is 116 g/mol. The molecular formula is C7H12O2. The van der Waals surface area contributed by atoms with Crippen LogP contribution >= 0.6 is 0 Å². The van der Waals surface area contributed by atoms with Crippen molar-refractivity contribution in [2.75, 3.05) is 6.79 Å².